The van der Waals surface area contributed by atoms with Crippen molar-refractivity contribution in [2.75, 3.05) is 0 Å². The predicted octanol–water partition coefficient (Wildman–Crippen LogP) is 1.86. The highest BCUT2D eigenvalue weighted by Crippen LogP contribution is 2.06. The first-order valence-corrected chi connectivity index (χ1v) is 5.34. The van der Waals surface area contributed by atoms with Crippen LogP contribution in [0.3, 0.4) is 0 Å². The van der Waals surface area contributed by atoms with Crippen LogP contribution in [0, 0.1) is 0 Å². The first-order valence-electron chi connectivity index (χ1n) is 5.34. The maximum absolute atomic E-state index is 5.37. The predicted molar refractivity (Wildman–Crippen MR) is 67.7 cm³/mol. The Hall–Kier alpha value is -1.50. The first-order chi connectivity index (χ1) is 7.20. The van der Waals surface area contributed by atoms with Gasteiger partial charge in [-0.15, -0.1) is 0 Å². The van der Waals surface area contributed by atoms with Gasteiger partial charge in [0.1, 0.15) is 0 Å². The minimum atomic E-state index is 0.530. The van der Waals surface area contributed by atoms with E-state index in [2.05, 4.69) is 51.1 Å². The lowest BCUT2D eigenvalue weighted by Crippen LogP contribution is -2.28. The SMILES string of the molecule is C/C=c1/cccc(C(C)C)/c1=C/C=C\N. The summed E-state index contributed by atoms with van der Waals surface area (Å²) in [6.45, 7) is 6.47. The van der Waals surface area contributed by atoms with Crippen LogP contribution >= 0.6 is 0 Å². The van der Waals surface area contributed by atoms with Gasteiger partial charge < -0.3 is 5.73 Å². The molecule has 0 atom stereocenters. The van der Waals surface area contributed by atoms with Crippen LogP contribution in [0.25, 0.3) is 12.2 Å². The molecule has 0 saturated carbocycles. The van der Waals surface area contributed by atoms with Gasteiger partial charge in [0, 0.05) is 0 Å². The summed E-state index contributed by atoms with van der Waals surface area (Å²) in [5.41, 5.74) is 6.74. The second-order valence-electron chi connectivity index (χ2n) is 3.85. The van der Waals surface area contributed by atoms with Crippen molar-refractivity contribution in [2.45, 2.75) is 26.7 Å². The smallest absolute Gasteiger partial charge is 0.00622 e. The quantitative estimate of drug-likeness (QED) is 0.776. The fourth-order valence-electron chi connectivity index (χ4n) is 1.70. The molecule has 1 rings (SSSR count). The summed E-state index contributed by atoms with van der Waals surface area (Å²) in [6.07, 6.45) is 7.65. The normalized spacial score (nSPS) is 14.4. The Kier molecular flexibility index (Phi) is 4.17. The average molecular weight is 201 g/mol. The third-order valence-corrected chi connectivity index (χ3v) is 2.48. The van der Waals surface area contributed by atoms with E-state index in [4.69, 9.17) is 5.73 Å². The highest BCUT2D eigenvalue weighted by molar-refractivity contribution is 5.43. The molecule has 0 bridgehead atoms. The summed E-state index contributed by atoms with van der Waals surface area (Å²) >= 11 is 0. The molecule has 0 heterocycles. The molecule has 0 aliphatic rings. The standard InChI is InChI=1S/C14H19N/c1-4-12-7-5-8-13(11(2)3)14(12)9-6-10-15/h4-11H,15H2,1-3H3/b10-6-,12-4-,14-9+. The number of allylic oxidation sites excluding steroid dienone is 1. The van der Waals surface area contributed by atoms with Crippen molar-refractivity contribution in [2.24, 2.45) is 5.73 Å². The average Bonchev–Trinajstić information content (AvgIpc) is 2.25. The maximum Gasteiger partial charge on any atom is -0.00622 e. The molecule has 0 aromatic heterocycles. The molecule has 1 heteroatoms. The minimum Gasteiger partial charge on any atom is -0.405 e. The second-order valence-corrected chi connectivity index (χ2v) is 3.85. The van der Waals surface area contributed by atoms with Crippen LogP contribution in [0.5, 0.6) is 0 Å². The van der Waals surface area contributed by atoms with Crippen molar-refractivity contribution in [3.63, 3.8) is 0 Å². The molecule has 0 spiro atoms. The van der Waals surface area contributed by atoms with Crippen molar-refractivity contribution in [1.29, 1.82) is 0 Å². The third-order valence-electron chi connectivity index (χ3n) is 2.48. The van der Waals surface area contributed by atoms with E-state index in [9.17, 15) is 0 Å². The van der Waals surface area contributed by atoms with Crippen LogP contribution in [0.2, 0.25) is 0 Å². The summed E-state index contributed by atoms with van der Waals surface area (Å²) in [5, 5.41) is 2.54. The lowest BCUT2D eigenvalue weighted by atomic mass is 9.99. The summed E-state index contributed by atoms with van der Waals surface area (Å²) in [5.74, 6) is 0.530. The van der Waals surface area contributed by atoms with E-state index in [1.807, 2.05) is 6.08 Å². The van der Waals surface area contributed by atoms with Gasteiger partial charge in [-0.25, -0.2) is 0 Å². The number of nitrogens with two attached hydrogens (primary N) is 1. The van der Waals surface area contributed by atoms with Crippen LogP contribution < -0.4 is 16.2 Å². The Labute approximate surface area is 91.6 Å². The van der Waals surface area contributed by atoms with E-state index in [1.165, 1.54) is 16.0 Å². The second kappa shape index (κ2) is 5.40. The van der Waals surface area contributed by atoms with Crippen molar-refractivity contribution >= 4 is 12.2 Å². The summed E-state index contributed by atoms with van der Waals surface area (Å²) < 4.78 is 0. The fraction of sp³-hybridized carbons (Fsp3) is 0.286. The molecule has 1 aromatic carbocycles. The molecule has 0 aliphatic carbocycles. The van der Waals surface area contributed by atoms with Gasteiger partial charge in [0.15, 0.2) is 0 Å². The summed E-state index contributed by atoms with van der Waals surface area (Å²) in [6, 6.07) is 6.41. The Bertz CT molecular complexity index is 453. The molecule has 80 valence electrons. The molecule has 2 N–H and O–H groups in total. The molecule has 1 aromatic rings. The van der Waals surface area contributed by atoms with Gasteiger partial charge in [-0.3, -0.25) is 0 Å². The number of benzene rings is 1. The molecule has 0 saturated heterocycles. The van der Waals surface area contributed by atoms with Gasteiger partial charge >= 0.3 is 0 Å². The van der Waals surface area contributed by atoms with E-state index in [-0.39, 0.29) is 0 Å². The van der Waals surface area contributed by atoms with Crippen LogP contribution in [0.4, 0.5) is 0 Å². The molecule has 1 nitrogen and oxygen atoms in total. The summed E-state index contributed by atoms with van der Waals surface area (Å²) in [7, 11) is 0. The van der Waals surface area contributed by atoms with Gasteiger partial charge in [-0.2, -0.15) is 0 Å². The Morgan fingerprint density at radius 3 is 2.53 bits per heavy atom. The van der Waals surface area contributed by atoms with Crippen LogP contribution in [0.1, 0.15) is 32.3 Å². The van der Waals surface area contributed by atoms with E-state index < -0.39 is 0 Å². The molecule has 0 radical (unpaired) electrons. The maximum atomic E-state index is 5.37. The monoisotopic (exact) mass is 201 g/mol. The van der Waals surface area contributed by atoms with Gasteiger partial charge in [-0.05, 0) is 41.1 Å². The lowest BCUT2D eigenvalue weighted by Gasteiger charge is -2.06. The molecular formula is C14H19N. The van der Waals surface area contributed by atoms with Crippen molar-refractivity contribution in [1.82, 2.24) is 0 Å². The molecule has 15 heavy (non-hydrogen) atoms. The molecule has 0 amide bonds. The van der Waals surface area contributed by atoms with Crippen LogP contribution in [-0.2, 0) is 0 Å². The topological polar surface area (TPSA) is 26.0 Å². The van der Waals surface area contributed by atoms with Gasteiger partial charge in [0.05, 0.1) is 0 Å². The molecular weight excluding hydrogens is 182 g/mol. The Balaban J connectivity index is 3.55. The van der Waals surface area contributed by atoms with Crippen molar-refractivity contribution < 1.29 is 0 Å². The van der Waals surface area contributed by atoms with E-state index in [0.29, 0.717) is 5.92 Å². The number of rotatable bonds is 2. The third kappa shape index (κ3) is 2.72. The Morgan fingerprint density at radius 1 is 1.27 bits per heavy atom. The van der Waals surface area contributed by atoms with E-state index in [1.54, 1.807) is 6.20 Å². The van der Waals surface area contributed by atoms with Crippen molar-refractivity contribution in [3.8, 4) is 0 Å². The van der Waals surface area contributed by atoms with E-state index >= 15 is 0 Å². The number of hydrogen-bond acceptors (Lipinski definition) is 1. The van der Waals surface area contributed by atoms with Crippen LogP contribution in [0.15, 0.2) is 30.5 Å². The number of hydrogen-bond donors (Lipinski definition) is 1. The van der Waals surface area contributed by atoms with Crippen molar-refractivity contribution in [3.05, 3.63) is 46.5 Å². The minimum absolute atomic E-state index is 0.530. The lowest BCUT2D eigenvalue weighted by molar-refractivity contribution is 0.857. The zero-order valence-corrected chi connectivity index (χ0v) is 9.70. The van der Waals surface area contributed by atoms with Gasteiger partial charge in [0.25, 0.3) is 0 Å². The molecule has 0 aliphatic heterocycles. The highest BCUT2D eigenvalue weighted by Gasteiger charge is 2.00. The molecule has 0 fully saturated rings. The largest absolute Gasteiger partial charge is 0.405 e. The first kappa shape index (κ1) is 11.6. The zero-order valence-electron chi connectivity index (χ0n) is 9.70. The fourth-order valence-corrected chi connectivity index (χ4v) is 1.70. The van der Waals surface area contributed by atoms with Gasteiger partial charge in [0.2, 0.25) is 0 Å². The molecule has 0 unspecified atom stereocenters. The zero-order chi connectivity index (χ0) is 11.3. The summed E-state index contributed by atoms with van der Waals surface area (Å²) in [4.78, 5) is 0. The van der Waals surface area contributed by atoms with E-state index in [0.717, 1.165) is 0 Å². The highest BCUT2D eigenvalue weighted by atomic mass is 14.5. The Morgan fingerprint density at radius 2 is 2.00 bits per heavy atom. The van der Waals surface area contributed by atoms with Crippen LogP contribution in [-0.4, -0.2) is 0 Å². The van der Waals surface area contributed by atoms with Gasteiger partial charge in [-0.1, -0.05) is 44.2 Å².